The van der Waals surface area contributed by atoms with E-state index in [1.165, 1.54) is 0 Å². The number of aromatic nitrogens is 1. The molecule has 0 aliphatic heterocycles. The molecule has 1 N–H and O–H groups in total. The molecule has 0 radical (unpaired) electrons. The van der Waals surface area contributed by atoms with Gasteiger partial charge in [0.25, 0.3) is 0 Å². The van der Waals surface area contributed by atoms with Crippen molar-refractivity contribution in [1.82, 2.24) is 4.98 Å². The van der Waals surface area contributed by atoms with Gasteiger partial charge in [-0.25, -0.2) is 4.98 Å². The zero-order chi connectivity index (χ0) is 14.5. The molecule has 0 spiro atoms. The van der Waals surface area contributed by atoms with Crippen molar-refractivity contribution in [3.8, 4) is 5.75 Å². The minimum absolute atomic E-state index is 0.453. The van der Waals surface area contributed by atoms with Crippen LogP contribution in [0.3, 0.4) is 0 Å². The van der Waals surface area contributed by atoms with Crippen molar-refractivity contribution in [2.45, 2.75) is 13.5 Å². The molecule has 1 aromatic heterocycles. The third kappa shape index (κ3) is 3.96. The maximum atomic E-state index is 5.90. The number of benzene rings is 1. The summed E-state index contributed by atoms with van der Waals surface area (Å²) in [7, 11) is 0. The third-order valence-electron chi connectivity index (χ3n) is 2.57. The van der Waals surface area contributed by atoms with E-state index in [4.69, 9.17) is 4.74 Å². The lowest BCUT2D eigenvalue weighted by molar-refractivity contribution is 0.302. The fraction of sp³-hybridized carbons (Fsp3) is 0.214. The minimum atomic E-state index is 0.453. The van der Waals surface area contributed by atoms with Gasteiger partial charge in [-0.2, -0.15) is 0 Å². The summed E-state index contributed by atoms with van der Waals surface area (Å²) in [5, 5.41) is 3.23. The Kier molecular flexibility index (Phi) is 5.86. The summed E-state index contributed by atoms with van der Waals surface area (Å²) in [5.74, 6) is 1.64. The lowest BCUT2D eigenvalue weighted by Crippen LogP contribution is -2.06. The van der Waals surface area contributed by atoms with E-state index in [0.717, 1.165) is 37.1 Å². The monoisotopic (exact) mass is 462 g/mol. The molecule has 2 aromatic rings. The molecule has 0 amide bonds. The van der Waals surface area contributed by atoms with E-state index in [0.29, 0.717) is 6.61 Å². The van der Waals surface area contributed by atoms with Crippen LogP contribution in [0.2, 0.25) is 0 Å². The van der Waals surface area contributed by atoms with Crippen LogP contribution in [-0.4, -0.2) is 11.5 Å². The van der Waals surface area contributed by atoms with Crippen LogP contribution in [0, 0.1) is 0 Å². The molecule has 6 heteroatoms. The van der Waals surface area contributed by atoms with Crippen LogP contribution < -0.4 is 10.1 Å². The van der Waals surface area contributed by atoms with Gasteiger partial charge in [0.2, 0.25) is 0 Å². The molecule has 1 aromatic carbocycles. The van der Waals surface area contributed by atoms with E-state index < -0.39 is 0 Å². The van der Waals surface area contributed by atoms with Crippen molar-refractivity contribution >= 4 is 53.6 Å². The SMILES string of the molecule is CCNc1ncccc1COc1c(Br)cc(Br)cc1Br. The number of nitrogens with one attached hydrogen (secondary N) is 1. The topological polar surface area (TPSA) is 34.2 Å². The molecule has 2 rings (SSSR count). The molecule has 20 heavy (non-hydrogen) atoms. The van der Waals surface area contributed by atoms with Gasteiger partial charge in [0.1, 0.15) is 18.2 Å². The smallest absolute Gasteiger partial charge is 0.148 e. The van der Waals surface area contributed by atoms with Crippen molar-refractivity contribution in [1.29, 1.82) is 0 Å². The summed E-state index contributed by atoms with van der Waals surface area (Å²) in [4.78, 5) is 4.32. The second-order valence-corrected chi connectivity index (χ2v) is 6.65. The highest BCUT2D eigenvalue weighted by atomic mass is 79.9. The summed E-state index contributed by atoms with van der Waals surface area (Å²) < 4.78 is 8.68. The second kappa shape index (κ2) is 7.43. The number of ether oxygens (including phenoxy) is 1. The van der Waals surface area contributed by atoms with Gasteiger partial charge in [-0.05, 0) is 57.0 Å². The second-order valence-electron chi connectivity index (χ2n) is 4.03. The number of hydrogen-bond acceptors (Lipinski definition) is 3. The van der Waals surface area contributed by atoms with Gasteiger partial charge in [0.05, 0.1) is 8.95 Å². The molecule has 3 nitrogen and oxygen atoms in total. The largest absolute Gasteiger partial charge is 0.486 e. The molecule has 0 atom stereocenters. The Morgan fingerprint density at radius 1 is 1.20 bits per heavy atom. The molecule has 0 unspecified atom stereocenters. The Labute approximate surface area is 143 Å². The number of halogens is 3. The van der Waals surface area contributed by atoms with Crippen molar-refractivity contribution in [2.24, 2.45) is 0 Å². The number of anilines is 1. The molecule has 0 aliphatic carbocycles. The lowest BCUT2D eigenvalue weighted by atomic mass is 10.2. The first-order valence-electron chi connectivity index (χ1n) is 6.07. The Hall–Kier alpha value is -0.590. The molecule has 0 bridgehead atoms. The molecular weight excluding hydrogens is 452 g/mol. The molecule has 0 fully saturated rings. The minimum Gasteiger partial charge on any atom is -0.486 e. The Morgan fingerprint density at radius 3 is 2.55 bits per heavy atom. The molecule has 0 aliphatic rings. The first kappa shape index (κ1) is 15.8. The number of pyridine rings is 1. The average molecular weight is 465 g/mol. The first-order chi connectivity index (χ1) is 9.61. The molecule has 106 valence electrons. The van der Waals surface area contributed by atoms with Crippen LogP contribution in [0.25, 0.3) is 0 Å². The van der Waals surface area contributed by atoms with E-state index >= 15 is 0 Å². The van der Waals surface area contributed by atoms with Crippen LogP contribution in [0.1, 0.15) is 12.5 Å². The van der Waals surface area contributed by atoms with Crippen LogP contribution in [-0.2, 0) is 6.61 Å². The van der Waals surface area contributed by atoms with Crippen molar-refractivity contribution < 1.29 is 4.74 Å². The van der Waals surface area contributed by atoms with Gasteiger partial charge in [-0.1, -0.05) is 22.0 Å². The van der Waals surface area contributed by atoms with Crippen LogP contribution in [0.4, 0.5) is 5.82 Å². The summed E-state index contributed by atoms with van der Waals surface area (Å²) >= 11 is 10.4. The maximum Gasteiger partial charge on any atom is 0.148 e. The van der Waals surface area contributed by atoms with Gasteiger partial charge in [0, 0.05) is 22.8 Å². The quantitative estimate of drug-likeness (QED) is 0.645. The maximum absolute atomic E-state index is 5.90. The van der Waals surface area contributed by atoms with Crippen LogP contribution in [0.5, 0.6) is 5.75 Å². The zero-order valence-electron chi connectivity index (χ0n) is 10.8. The van der Waals surface area contributed by atoms with E-state index in [1.54, 1.807) is 6.20 Å². The van der Waals surface area contributed by atoms with Gasteiger partial charge >= 0.3 is 0 Å². The summed E-state index contributed by atoms with van der Waals surface area (Å²) in [6.45, 7) is 3.33. The summed E-state index contributed by atoms with van der Waals surface area (Å²) in [5.41, 5.74) is 1.02. The van der Waals surface area contributed by atoms with Gasteiger partial charge in [0.15, 0.2) is 0 Å². The van der Waals surface area contributed by atoms with Crippen molar-refractivity contribution in [3.63, 3.8) is 0 Å². The van der Waals surface area contributed by atoms with E-state index in [-0.39, 0.29) is 0 Å². The molecule has 1 heterocycles. The average Bonchev–Trinajstić information content (AvgIpc) is 2.39. The van der Waals surface area contributed by atoms with Gasteiger partial charge in [-0.3, -0.25) is 0 Å². The highest BCUT2D eigenvalue weighted by Crippen LogP contribution is 2.37. The highest BCUT2D eigenvalue weighted by molar-refractivity contribution is 9.11. The fourth-order valence-corrected chi connectivity index (χ4v) is 4.19. The van der Waals surface area contributed by atoms with Crippen LogP contribution >= 0.6 is 47.8 Å². The van der Waals surface area contributed by atoms with Gasteiger partial charge in [-0.15, -0.1) is 0 Å². The summed E-state index contributed by atoms with van der Waals surface area (Å²) in [6, 6.07) is 7.82. The Morgan fingerprint density at radius 2 is 1.90 bits per heavy atom. The predicted octanol–water partition coefficient (Wildman–Crippen LogP) is 5.38. The Balaban J connectivity index is 2.17. The van der Waals surface area contributed by atoms with E-state index in [9.17, 15) is 0 Å². The summed E-state index contributed by atoms with van der Waals surface area (Å²) in [6.07, 6.45) is 1.77. The van der Waals surface area contributed by atoms with Gasteiger partial charge < -0.3 is 10.1 Å². The van der Waals surface area contributed by atoms with E-state index in [1.807, 2.05) is 31.2 Å². The first-order valence-corrected chi connectivity index (χ1v) is 8.44. The normalized spacial score (nSPS) is 10.4. The molecule has 0 saturated carbocycles. The number of nitrogens with zero attached hydrogens (tertiary/aromatic N) is 1. The van der Waals surface area contributed by atoms with Crippen molar-refractivity contribution in [2.75, 3.05) is 11.9 Å². The fourth-order valence-electron chi connectivity index (χ4n) is 1.70. The third-order valence-corrected chi connectivity index (χ3v) is 4.21. The molecule has 0 saturated heterocycles. The highest BCUT2D eigenvalue weighted by Gasteiger charge is 2.10. The predicted molar refractivity (Wildman–Crippen MR) is 92.3 cm³/mol. The van der Waals surface area contributed by atoms with E-state index in [2.05, 4.69) is 58.1 Å². The number of rotatable bonds is 5. The Bertz CT molecular complexity index is 582. The standard InChI is InChI=1S/C14H13Br3N2O/c1-2-18-14-9(4-3-5-19-14)8-20-13-11(16)6-10(15)7-12(13)17/h3-7H,2,8H2,1H3,(H,18,19). The molecular formula is C14H13Br3N2O. The zero-order valence-corrected chi connectivity index (χ0v) is 15.5. The van der Waals surface area contributed by atoms with Crippen LogP contribution in [0.15, 0.2) is 43.9 Å². The van der Waals surface area contributed by atoms with Crippen molar-refractivity contribution in [3.05, 3.63) is 49.4 Å². The lowest BCUT2D eigenvalue weighted by Gasteiger charge is -2.13. The number of hydrogen-bond donors (Lipinski definition) is 1.